The molecule has 1 aromatic carbocycles. The van der Waals surface area contributed by atoms with Gasteiger partial charge in [-0.3, -0.25) is 4.90 Å². The number of hydrogen-bond acceptors (Lipinski definition) is 2. The van der Waals surface area contributed by atoms with Gasteiger partial charge in [0.05, 0.1) is 6.07 Å². The van der Waals surface area contributed by atoms with Gasteiger partial charge in [0.15, 0.2) is 0 Å². The molecular weight excluding hydrogens is 167 g/mol. The van der Waals surface area contributed by atoms with Crippen LogP contribution in [-0.2, 0) is 0 Å². The Labute approximate surface area is 77.2 Å². The summed E-state index contributed by atoms with van der Waals surface area (Å²) in [5.41, 5.74) is 0.426. The minimum atomic E-state index is -0.513. The lowest BCUT2D eigenvalue weighted by Gasteiger charge is -2.17. The van der Waals surface area contributed by atoms with Gasteiger partial charge < -0.3 is 0 Å². The molecule has 1 aromatic rings. The minimum Gasteiger partial charge on any atom is -0.290 e. The topological polar surface area (TPSA) is 27.0 Å². The van der Waals surface area contributed by atoms with Crippen molar-refractivity contribution in [1.82, 2.24) is 4.90 Å². The van der Waals surface area contributed by atoms with Crippen molar-refractivity contribution < 1.29 is 4.39 Å². The van der Waals surface area contributed by atoms with E-state index >= 15 is 0 Å². The Morgan fingerprint density at radius 2 is 2.00 bits per heavy atom. The lowest BCUT2D eigenvalue weighted by Crippen LogP contribution is -2.19. The number of nitriles is 1. The van der Waals surface area contributed by atoms with Gasteiger partial charge in [-0.25, -0.2) is 4.39 Å². The summed E-state index contributed by atoms with van der Waals surface area (Å²) >= 11 is 0. The third-order valence-corrected chi connectivity index (χ3v) is 1.84. The molecule has 0 amide bonds. The summed E-state index contributed by atoms with van der Waals surface area (Å²) in [7, 11) is 3.50. The average Bonchev–Trinajstić information content (AvgIpc) is 2.09. The van der Waals surface area contributed by atoms with Crippen LogP contribution in [-0.4, -0.2) is 19.0 Å². The monoisotopic (exact) mass is 178 g/mol. The Morgan fingerprint density at radius 1 is 1.38 bits per heavy atom. The van der Waals surface area contributed by atoms with Crippen LogP contribution in [0.4, 0.5) is 4.39 Å². The molecule has 0 saturated carbocycles. The largest absolute Gasteiger partial charge is 0.290 e. The van der Waals surface area contributed by atoms with Crippen molar-refractivity contribution >= 4 is 0 Å². The molecule has 0 fully saturated rings. The highest BCUT2D eigenvalue weighted by molar-refractivity contribution is 5.25. The van der Waals surface area contributed by atoms with Crippen LogP contribution in [0.5, 0.6) is 0 Å². The summed E-state index contributed by atoms with van der Waals surface area (Å²) in [6, 6.07) is 7.87. The summed E-state index contributed by atoms with van der Waals surface area (Å²) in [5.74, 6) is -0.331. The van der Waals surface area contributed by atoms with E-state index in [1.165, 1.54) is 6.07 Å². The first kappa shape index (κ1) is 9.69. The van der Waals surface area contributed by atoms with Gasteiger partial charge in [-0.05, 0) is 20.2 Å². The van der Waals surface area contributed by atoms with Crippen LogP contribution < -0.4 is 0 Å². The molecule has 3 heteroatoms. The Morgan fingerprint density at radius 3 is 2.46 bits per heavy atom. The van der Waals surface area contributed by atoms with Crippen LogP contribution in [0, 0.1) is 17.1 Å². The molecule has 13 heavy (non-hydrogen) atoms. The smallest absolute Gasteiger partial charge is 0.129 e. The van der Waals surface area contributed by atoms with Crippen molar-refractivity contribution in [3.8, 4) is 6.07 Å². The summed E-state index contributed by atoms with van der Waals surface area (Å²) in [6.07, 6.45) is 0. The summed E-state index contributed by atoms with van der Waals surface area (Å²) in [5, 5.41) is 8.82. The molecule has 0 unspecified atom stereocenters. The number of hydrogen-bond donors (Lipinski definition) is 0. The van der Waals surface area contributed by atoms with Crippen molar-refractivity contribution in [3.63, 3.8) is 0 Å². The van der Waals surface area contributed by atoms with Crippen molar-refractivity contribution in [3.05, 3.63) is 35.6 Å². The van der Waals surface area contributed by atoms with Crippen LogP contribution in [0.25, 0.3) is 0 Å². The van der Waals surface area contributed by atoms with Crippen molar-refractivity contribution in [2.75, 3.05) is 14.1 Å². The van der Waals surface area contributed by atoms with Crippen molar-refractivity contribution in [2.45, 2.75) is 6.04 Å². The van der Waals surface area contributed by atoms with Crippen molar-refractivity contribution in [2.24, 2.45) is 0 Å². The second-order valence-electron chi connectivity index (χ2n) is 3.02. The zero-order chi connectivity index (χ0) is 9.84. The molecule has 68 valence electrons. The van der Waals surface area contributed by atoms with E-state index in [2.05, 4.69) is 0 Å². The van der Waals surface area contributed by atoms with Gasteiger partial charge in [0.1, 0.15) is 11.9 Å². The molecule has 1 atom stereocenters. The van der Waals surface area contributed by atoms with E-state index in [9.17, 15) is 4.39 Å². The first-order valence-electron chi connectivity index (χ1n) is 3.97. The molecule has 0 saturated heterocycles. The van der Waals surface area contributed by atoms with E-state index in [4.69, 9.17) is 5.26 Å². The van der Waals surface area contributed by atoms with Gasteiger partial charge in [0.25, 0.3) is 0 Å². The van der Waals surface area contributed by atoms with Gasteiger partial charge in [-0.2, -0.15) is 5.26 Å². The predicted octanol–water partition coefficient (Wildman–Crippen LogP) is 1.95. The normalized spacial score (nSPS) is 12.5. The molecule has 0 radical (unpaired) electrons. The standard InChI is InChI=1S/C10H11FN2/c1-13(2)10(7-12)8-5-3-4-6-9(8)11/h3-6,10H,1-2H3/t10-/m0/s1. The second kappa shape index (κ2) is 4.01. The summed E-state index contributed by atoms with van der Waals surface area (Å²) in [6.45, 7) is 0. The van der Waals surface area contributed by atoms with E-state index in [0.717, 1.165) is 0 Å². The second-order valence-corrected chi connectivity index (χ2v) is 3.02. The van der Waals surface area contributed by atoms with E-state index in [1.54, 1.807) is 37.2 Å². The van der Waals surface area contributed by atoms with Gasteiger partial charge in [-0.1, -0.05) is 18.2 Å². The van der Waals surface area contributed by atoms with E-state index in [0.29, 0.717) is 5.56 Å². The van der Waals surface area contributed by atoms with Crippen LogP contribution in [0.1, 0.15) is 11.6 Å². The fourth-order valence-corrected chi connectivity index (χ4v) is 1.16. The molecule has 0 aliphatic rings. The first-order chi connectivity index (χ1) is 6.16. The molecule has 2 nitrogen and oxygen atoms in total. The fourth-order valence-electron chi connectivity index (χ4n) is 1.16. The lowest BCUT2D eigenvalue weighted by atomic mass is 10.1. The van der Waals surface area contributed by atoms with Crippen LogP contribution in [0.3, 0.4) is 0 Å². The maximum atomic E-state index is 13.2. The number of nitrogens with zero attached hydrogens (tertiary/aromatic N) is 2. The van der Waals surface area contributed by atoms with Gasteiger partial charge >= 0.3 is 0 Å². The lowest BCUT2D eigenvalue weighted by molar-refractivity contribution is 0.349. The van der Waals surface area contributed by atoms with Gasteiger partial charge in [0, 0.05) is 5.56 Å². The van der Waals surface area contributed by atoms with E-state index in [1.807, 2.05) is 6.07 Å². The van der Waals surface area contributed by atoms with Crippen molar-refractivity contribution in [1.29, 1.82) is 5.26 Å². The maximum Gasteiger partial charge on any atom is 0.129 e. The molecule has 0 heterocycles. The Hall–Kier alpha value is -1.40. The highest BCUT2D eigenvalue weighted by atomic mass is 19.1. The number of benzene rings is 1. The quantitative estimate of drug-likeness (QED) is 0.692. The molecule has 0 bridgehead atoms. The highest BCUT2D eigenvalue weighted by Gasteiger charge is 2.15. The first-order valence-corrected chi connectivity index (χ1v) is 3.97. The molecule has 0 aliphatic carbocycles. The van der Waals surface area contributed by atoms with Gasteiger partial charge in [-0.15, -0.1) is 0 Å². The third kappa shape index (κ3) is 2.04. The van der Waals surface area contributed by atoms with Crippen LogP contribution >= 0.6 is 0 Å². The summed E-state index contributed by atoms with van der Waals surface area (Å²) < 4.78 is 13.2. The number of halogens is 1. The SMILES string of the molecule is CN(C)[C@@H](C#N)c1ccccc1F. The van der Waals surface area contributed by atoms with Crippen LogP contribution in [0.15, 0.2) is 24.3 Å². The maximum absolute atomic E-state index is 13.2. The molecule has 0 aromatic heterocycles. The Kier molecular flexibility index (Phi) is 2.99. The Balaban J connectivity index is 3.07. The van der Waals surface area contributed by atoms with Gasteiger partial charge in [0.2, 0.25) is 0 Å². The zero-order valence-electron chi connectivity index (χ0n) is 7.66. The summed E-state index contributed by atoms with van der Waals surface area (Å²) in [4.78, 5) is 1.68. The van der Waals surface area contributed by atoms with E-state index in [-0.39, 0.29) is 5.82 Å². The number of rotatable bonds is 2. The minimum absolute atomic E-state index is 0.331. The zero-order valence-corrected chi connectivity index (χ0v) is 7.66. The molecule has 0 aliphatic heterocycles. The third-order valence-electron chi connectivity index (χ3n) is 1.84. The predicted molar refractivity (Wildman–Crippen MR) is 48.4 cm³/mol. The Bertz CT molecular complexity index is 328. The molecular formula is C10H11FN2. The highest BCUT2D eigenvalue weighted by Crippen LogP contribution is 2.19. The molecule has 1 rings (SSSR count). The fraction of sp³-hybridized carbons (Fsp3) is 0.300. The average molecular weight is 178 g/mol. The van der Waals surface area contributed by atoms with E-state index < -0.39 is 6.04 Å². The van der Waals surface area contributed by atoms with Crippen LogP contribution in [0.2, 0.25) is 0 Å². The molecule has 0 N–H and O–H groups in total. The molecule has 0 spiro atoms.